The zero-order chi connectivity index (χ0) is 14.4. The van der Waals surface area contributed by atoms with Gasteiger partial charge in [-0.15, -0.1) is 0 Å². The second-order valence-electron chi connectivity index (χ2n) is 5.20. The number of anilines is 2. The van der Waals surface area contributed by atoms with Crippen LogP contribution in [0.5, 0.6) is 0 Å². The number of benzene rings is 1. The highest BCUT2D eigenvalue weighted by atomic mass is 15.1. The molecular formula is C16H15N5. The van der Waals surface area contributed by atoms with Crippen LogP contribution in [0.1, 0.15) is 11.1 Å². The van der Waals surface area contributed by atoms with Gasteiger partial charge in [-0.3, -0.25) is 0 Å². The van der Waals surface area contributed by atoms with Crippen molar-refractivity contribution in [3.63, 3.8) is 0 Å². The number of nitrogen functional groups attached to an aromatic ring is 1. The molecule has 0 bridgehead atoms. The Morgan fingerprint density at radius 3 is 2.71 bits per heavy atom. The lowest BCUT2D eigenvalue weighted by Crippen LogP contribution is -2.08. The molecule has 0 atom stereocenters. The van der Waals surface area contributed by atoms with E-state index < -0.39 is 0 Å². The van der Waals surface area contributed by atoms with Crippen molar-refractivity contribution >= 4 is 22.8 Å². The van der Waals surface area contributed by atoms with Crippen molar-refractivity contribution < 1.29 is 0 Å². The van der Waals surface area contributed by atoms with Crippen molar-refractivity contribution in [2.24, 2.45) is 0 Å². The number of aryl methyl sites for hydroxylation is 2. The first-order valence-electron chi connectivity index (χ1n) is 6.99. The minimum Gasteiger partial charge on any atom is -0.372 e. The molecule has 21 heavy (non-hydrogen) atoms. The molecule has 2 aromatic heterocycles. The molecule has 3 N–H and O–H groups in total. The molecular weight excluding hydrogens is 262 g/mol. The zero-order valence-corrected chi connectivity index (χ0v) is 11.7. The van der Waals surface area contributed by atoms with Crippen molar-refractivity contribution in [1.82, 2.24) is 15.0 Å². The number of rotatable bonds is 1. The molecule has 3 aromatic rings. The van der Waals surface area contributed by atoms with Crippen LogP contribution in [-0.2, 0) is 12.8 Å². The van der Waals surface area contributed by atoms with Gasteiger partial charge in [-0.1, -0.05) is 24.3 Å². The van der Waals surface area contributed by atoms with Gasteiger partial charge in [0.25, 0.3) is 0 Å². The molecule has 0 radical (unpaired) electrons. The molecule has 0 amide bonds. The van der Waals surface area contributed by atoms with E-state index in [1.807, 2.05) is 13.1 Å². The van der Waals surface area contributed by atoms with Gasteiger partial charge < -0.3 is 11.1 Å². The highest BCUT2D eigenvalue weighted by molar-refractivity contribution is 5.90. The van der Waals surface area contributed by atoms with E-state index in [9.17, 15) is 0 Å². The molecule has 5 nitrogen and oxygen atoms in total. The van der Waals surface area contributed by atoms with Crippen molar-refractivity contribution in [3.05, 3.63) is 41.5 Å². The van der Waals surface area contributed by atoms with E-state index in [-0.39, 0.29) is 5.95 Å². The maximum atomic E-state index is 5.77. The Hall–Kier alpha value is -2.69. The maximum absolute atomic E-state index is 5.77. The molecule has 2 heterocycles. The largest absolute Gasteiger partial charge is 0.372 e. The number of hydrogen-bond donors (Lipinski definition) is 2. The van der Waals surface area contributed by atoms with Gasteiger partial charge >= 0.3 is 0 Å². The summed E-state index contributed by atoms with van der Waals surface area (Å²) in [6, 6.07) is 10.5. The van der Waals surface area contributed by atoms with Gasteiger partial charge in [-0.05, 0) is 30.0 Å². The average molecular weight is 277 g/mol. The first-order chi connectivity index (χ1) is 10.3. The van der Waals surface area contributed by atoms with Gasteiger partial charge in [-0.2, -0.15) is 9.97 Å². The van der Waals surface area contributed by atoms with E-state index in [1.165, 1.54) is 16.7 Å². The van der Waals surface area contributed by atoms with Crippen molar-refractivity contribution in [1.29, 1.82) is 0 Å². The average Bonchev–Trinajstić information content (AvgIpc) is 2.52. The maximum Gasteiger partial charge on any atom is 0.224 e. The fraction of sp³-hybridized carbons (Fsp3) is 0.188. The number of hydrogen-bond acceptors (Lipinski definition) is 5. The summed E-state index contributed by atoms with van der Waals surface area (Å²) in [6.45, 7) is 0. The van der Waals surface area contributed by atoms with E-state index in [0.29, 0.717) is 5.65 Å². The third-order valence-corrected chi connectivity index (χ3v) is 3.96. The zero-order valence-electron chi connectivity index (χ0n) is 11.7. The van der Waals surface area contributed by atoms with Crippen LogP contribution in [0.4, 0.5) is 11.8 Å². The summed E-state index contributed by atoms with van der Waals surface area (Å²) in [7, 11) is 1.83. The summed E-state index contributed by atoms with van der Waals surface area (Å²) < 4.78 is 0. The van der Waals surface area contributed by atoms with Crippen LogP contribution in [0, 0.1) is 0 Å². The Morgan fingerprint density at radius 1 is 1.05 bits per heavy atom. The van der Waals surface area contributed by atoms with Gasteiger partial charge in [-0.25, -0.2) is 4.98 Å². The molecule has 5 heteroatoms. The molecule has 0 saturated heterocycles. The first kappa shape index (κ1) is 12.1. The molecule has 0 spiro atoms. The number of nitrogens with zero attached hydrogens (tertiary/aromatic N) is 3. The van der Waals surface area contributed by atoms with E-state index in [4.69, 9.17) is 10.7 Å². The quantitative estimate of drug-likeness (QED) is 0.714. The Morgan fingerprint density at radius 2 is 1.86 bits per heavy atom. The van der Waals surface area contributed by atoms with Crippen molar-refractivity contribution in [2.75, 3.05) is 18.1 Å². The van der Waals surface area contributed by atoms with Gasteiger partial charge in [0.1, 0.15) is 5.82 Å². The summed E-state index contributed by atoms with van der Waals surface area (Å²) in [6.07, 6.45) is 2.03. The molecule has 0 saturated carbocycles. The fourth-order valence-electron chi connectivity index (χ4n) is 2.97. The van der Waals surface area contributed by atoms with E-state index in [2.05, 4.69) is 39.6 Å². The van der Waals surface area contributed by atoms with E-state index in [1.54, 1.807) is 0 Å². The Bertz CT molecular complexity index is 857. The van der Waals surface area contributed by atoms with Crippen LogP contribution < -0.4 is 11.1 Å². The van der Waals surface area contributed by atoms with Crippen LogP contribution in [0.2, 0.25) is 0 Å². The number of fused-ring (bicyclic) bond motifs is 4. The minimum absolute atomic E-state index is 0.239. The summed E-state index contributed by atoms with van der Waals surface area (Å²) in [4.78, 5) is 13.3. The topological polar surface area (TPSA) is 76.7 Å². The highest BCUT2D eigenvalue weighted by Crippen LogP contribution is 2.34. The summed E-state index contributed by atoms with van der Waals surface area (Å²) in [5, 5.41) is 3.99. The normalized spacial score (nSPS) is 12.8. The fourth-order valence-corrected chi connectivity index (χ4v) is 2.97. The lowest BCUT2D eigenvalue weighted by Gasteiger charge is -2.19. The highest BCUT2D eigenvalue weighted by Gasteiger charge is 2.19. The van der Waals surface area contributed by atoms with Crippen LogP contribution in [0.25, 0.3) is 22.3 Å². The minimum atomic E-state index is 0.239. The number of pyridine rings is 1. The lowest BCUT2D eigenvalue weighted by atomic mass is 9.89. The van der Waals surface area contributed by atoms with Crippen LogP contribution in [-0.4, -0.2) is 22.0 Å². The molecule has 0 aliphatic heterocycles. The smallest absolute Gasteiger partial charge is 0.224 e. The number of aromatic nitrogens is 3. The second kappa shape index (κ2) is 4.41. The van der Waals surface area contributed by atoms with E-state index >= 15 is 0 Å². The molecule has 1 aliphatic rings. The molecule has 1 aliphatic carbocycles. The third-order valence-electron chi connectivity index (χ3n) is 3.96. The van der Waals surface area contributed by atoms with Crippen LogP contribution in [0.3, 0.4) is 0 Å². The Kier molecular flexibility index (Phi) is 2.54. The number of nitrogens with one attached hydrogen (secondary N) is 1. The van der Waals surface area contributed by atoms with Crippen molar-refractivity contribution in [3.8, 4) is 11.3 Å². The third kappa shape index (κ3) is 1.81. The lowest BCUT2D eigenvalue weighted by molar-refractivity contribution is 0.931. The molecule has 1 aromatic carbocycles. The van der Waals surface area contributed by atoms with Crippen LogP contribution in [0.15, 0.2) is 30.3 Å². The SMILES string of the molecule is CNc1nc(N)nc2nc3c(cc12)CCc1ccccc1-3. The Balaban J connectivity index is 2.04. The van der Waals surface area contributed by atoms with Gasteiger partial charge in [0.15, 0.2) is 5.65 Å². The molecule has 104 valence electrons. The van der Waals surface area contributed by atoms with Crippen LogP contribution >= 0.6 is 0 Å². The number of nitrogens with two attached hydrogens (primary N) is 1. The molecule has 0 fully saturated rings. The van der Waals surface area contributed by atoms with E-state index in [0.717, 1.165) is 29.7 Å². The van der Waals surface area contributed by atoms with Gasteiger partial charge in [0, 0.05) is 12.6 Å². The molecule has 0 unspecified atom stereocenters. The predicted octanol–water partition coefficient (Wildman–Crippen LogP) is 2.41. The van der Waals surface area contributed by atoms with Crippen molar-refractivity contribution in [2.45, 2.75) is 12.8 Å². The summed E-state index contributed by atoms with van der Waals surface area (Å²) in [5.41, 5.74) is 11.2. The predicted molar refractivity (Wildman–Crippen MR) is 84.1 cm³/mol. The monoisotopic (exact) mass is 277 g/mol. The Labute approximate surface area is 122 Å². The van der Waals surface area contributed by atoms with Gasteiger partial charge in [0.05, 0.1) is 11.1 Å². The molecule has 4 rings (SSSR count). The van der Waals surface area contributed by atoms with Gasteiger partial charge in [0.2, 0.25) is 5.95 Å². The summed E-state index contributed by atoms with van der Waals surface area (Å²) in [5.74, 6) is 0.968. The second-order valence-corrected chi connectivity index (χ2v) is 5.20. The summed E-state index contributed by atoms with van der Waals surface area (Å²) >= 11 is 0. The first-order valence-corrected chi connectivity index (χ1v) is 6.99. The standard InChI is InChI=1S/C16H15N5/c1-18-14-12-8-10-7-6-9-4-2-3-5-11(9)13(10)19-15(12)21-16(17)20-14/h2-5,8H,6-7H2,1H3,(H3,17,18,19,20,21).